The van der Waals surface area contributed by atoms with Gasteiger partial charge in [-0.05, 0) is 94.5 Å². The van der Waals surface area contributed by atoms with Crippen molar-refractivity contribution in [1.82, 2.24) is 37.4 Å². The average Bonchev–Trinajstić information content (AvgIpc) is 3.80. The number of imidazole rings is 2. The number of fused-ring (bicyclic) bond motifs is 2. The van der Waals surface area contributed by atoms with Crippen LogP contribution in [0.2, 0.25) is 0 Å². The number of aromatic nitrogens is 8. The number of hydrogen-bond acceptors (Lipinski definition) is 10. The Labute approximate surface area is 340 Å². The molecule has 4 heterocycles. The first-order valence-electron chi connectivity index (χ1n) is 19.9. The van der Waals surface area contributed by atoms with E-state index in [4.69, 9.17) is 28.9 Å². The van der Waals surface area contributed by atoms with Crippen LogP contribution < -0.4 is 41.4 Å². The number of nitrogens with zero attached hydrogens (tertiary/aromatic N) is 8. The van der Waals surface area contributed by atoms with Gasteiger partial charge < -0.3 is 28.1 Å². The summed E-state index contributed by atoms with van der Waals surface area (Å²) < 4.78 is 31.1. The second-order valence-electron chi connectivity index (χ2n) is 13.7. The van der Waals surface area contributed by atoms with Gasteiger partial charge in [0.05, 0.1) is 28.4 Å². The molecule has 0 saturated carbocycles. The van der Waals surface area contributed by atoms with E-state index in [-0.39, 0.29) is 24.2 Å². The summed E-state index contributed by atoms with van der Waals surface area (Å²) in [6.45, 7) is 9.29. The van der Waals surface area contributed by atoms with Gasteiger partial charge in [0.2, 0.25) is 0 Å². The second kappa shape index (κ2) is 18.3. The van der Waals surface area contributed by atoms with Gasteiger partial charge in [0.15, 0.2) is 45.3 Å². The minimum Gasteiger partial charge on any atom is -0.493 e. The third kappa shape index (κ3) is 7.98. The van der Waals surface area contributed by atoms with E-state index in [1.54, 1.807) is 42.3 Å². The molecule has 0 radical (unpaired) electrons. The summed E-state index contributed by atoms with van der Waals surface area (Å²) >= 11 is 0. The number of hydrogen-bond donors (Lipinski definition) is 0. The summed E-state index contributed by atoms with van der Waals surface area (Å²) in [7, 11) is 6.31. The molecular formula is C43H52N8O8. The van der Waals surface area contributed by atoms with Crippen LogP contribution >= 0.6 is 0 Å². The molecule has 0 aliphatic rings. The van der Waals surface area contributed by atoms with Crippen molar-refractivity contribution in [3.63, 3.8) is 0 Å². The van der Waals surface area contributed by atoms with E-state index >= 15 is 0 Å². The molecule has 0 N–H and O–H groups in total. The third-order valence-corrected chi connectivity index (χ3v) is 10.5. The second-order valence-corrected chi connectivity index (χ2v) is 13.7. The normalized spacial score (nSPS) is 11.8. The van der Waals surface area contributed by atoms with E-state index in [1.807, 2.05) is 83.7 Å². The molecule has 2 aromatic carbocycles. The number of rotatable bonds is 18. The summed E-state index contributed by atoms with van der Waals surface area (Å²) in [6.07, 6.45) is 9.45. The molecule has 16 nitrogen and oxygen atoms in total. The summed E-state index contributed by atoms with van der Waals surface area (Å²) in [4.78, 5) is 64.0. The average molecular weight is 809 g/mol. The predicted molar refractivity (Wildman–Crippen MR) is 230 cm³/mol. The monoisotopic (exact) mass is 808 g/mol. The fraction of sp³-hybridized carbons (Fsp3) is 0.395. The van der Waals surface area contributed by atoms with Gasteiger partial charge in [-0.2, -0.15) is 0 Å². The Hall–Kier alpha value is -6.58. The molecule has 312 valence electrons. The summed E-state index contributed by atoms with van der Waals surface area (Å²) in [5, 5.41) is 0. The van der Waals surface area contributed by atoms with Crippen LogP contribution in [0.5, 0.6) is 23.0 Å². The number of methoxy groups -OCH3 is 4. The summed E-state index contributed by atoms with van der Waals surface area (Å²) in [5.74, 6) is 3.41. The van der Waals surface area contributed by atoms with Crippen molar-refractivity contribution in [3.05, 3.63) is 101 Å². The van der Waals surface area contributed by atoms with Gasteiger partial charge in [0, 0.05) is 39.3 Å². The van der Waals surface area contributed by atoms with E-state index in [2.05, 4.69) is 0 Å². The Kier molecular flexibility index (Phi) is 13.1. The highest BCUT2D eigenvalue weighted by Crippen LogP contribution is 2.30. The Morgan fingerprint density at radius 1 is 0.475 bits per heavy atom. The highest BCUT2D eigenvalue weighted by Gasteiger charge is 2.22. The molecule has 16 heteroatoms. The molecule has 0 unspecified atom stereocenters. The fourth-order valence-corrected chi connectivity index (χ4v) is 7.42. The largest absolute Gasteiger partial charge is 0.493 e. The first-order valence-corrected chi connectivity index (χ1v) is 19.9. The molecular weight excluding hydrogens is 757 g/mol. The van der Waals surface area contributed by atoms with Gasteiger partial charge >= 0.3 is 11.4 Å². The molecule has 4 aromatic heterocycles. The lowest BCUT2D eigenvalue weighted by molar-refractivity contribution is 0.355. The predicted octanol–water partition coefficient (Wildman–Crippen LogP) is 5.36. The maximum Gasteiger partial charge on any atom is 0.332 e. The quantitative estimate of drug-likeness (QED) is 0.104. The molecule has 59 heavy (non-hydrogen) atoms. The maximum atomic E-state index is 13.9. The van der Waals surface area contributed by atoms with Gasteiger partial charge in [0.1, 0.15) is 11.6 Å². The van der Waals surface area contributed by atoms with Crippen LogP contribution in [0.25, 0.3) is 46.6 Å². The number of unbranched alkanes of at least 4 members (excludes halogenated alkanes) is 2. The molecule has 0 amide bonds. The zero-order valence-electron chi connectivity index (χ0n) is 35.0. The van der Waals surface area contributed by atoms with Crippen molar-refractivity contribution in [2.75, 3.05) is 28.4 Å². The lowest BCUT2D eigenvalue weighted by atomic mass is 10.2. The fourth-order valence-electron chi connectivity index (χ4n) is 7.42. The smallest absolute Gasteiger partial charge is 0.332 e. The SMILES string of the molecule is CCn1c(=O)c2c(nc(/C=C/c3ccc(OC)c(OC)c3)n2CCCCCn2c(/C=C/c3ccc(OC)c(OC)c3)nc3c2c(=O)n(CC)c(=O)n3CC)n(CC)c1=O. The van der Waals surface area contributed by atoms with E-state index < -0.39 is 11.4 Å². The van der Waals surface area contributed by atoms with Gasteiger partial charge in [-0.15, -0.1) is 0 Å². The van der Waals surface area contributed by atoms with E-state index in [9.17, 15) is 19.2 Å². The molecule has 0 fully saturated rings. The van der Waals surface area contributed by atoms with Crippen molar-refractivity contribution < 1.29 is 18.9 Å². The van der Waals surface area contributed by atoms with E-state index in [1.165, 1.54) is 18.3 Å². The van der Waals surface area contributed by atoms with Gasteiger partial charge in [-0.1, -0.05) is 24.3 Å². The lowest BCUT2D eigenvalue weighted by Crippen LogP contribution is -2.40. The molecule has 0 aliphatic carbocycles. The Balaban J connectivity index is 1.34. The van der Waals surface area contributed by atoms with E-state index in [0.29, 0.717) is 102 Å². The highest BCUT2D eigenvalue weighted by molar-refractivity contribution is 5.78. The Bertz CT molecular complexity index is 2610. The first-order chi connectivity index (χ1) is 28.6. The number of ether oxygens (including phenoxy) is 4. The maximum absolute atomic E-state index is 13.9. The van der Waals surface area contributed by atoms with Crippen LogP contribution in [0.15, 0.2) is 55.6 Å². The highest BCUT2D eigenvalue weighted by atomic mass is 16.5. The van der Waals surface area contributed by atoms with Crippen LogP contribution in [0.1, 0.15) is 69.7 Å². The van der Waals surface area contributed by atoms with E-state index in [0.717, 1.165) is 11.1 Å². The number of benzene rings is 2. The minimum atomic E-state index is -0.397. The van der Waals surface area contributed by atoms with Crippen LogP contribution in [-0.4, -0.2) is 65.8 Å². The van der Waals surface area contributed by atoms with Crippen molar-refractivity contribution >= 4 is 46.6 Å². The zero-order chi connectivity index (χ0) is 42.4. The molecule has 0 atom stereocenters. The van der Waals surface area contributed by atoms with Crippen molar-refractivity contribution in [2.45, 2.75) is 86.2 Å². The Morgan fingerprint density at radius 2 is 0.847 bits per heavy atom. The van der Waals surface area contributed by atoms with Gasteiger partial charge in [0.25, 0.3) is 11.1 Å². The van der Waals surface area contributed by atoms with Gasteiger partial charge in [-0.25, -0.2) is 19.6 Å². The minimum absolute atomic E-state index is 0.225. The van der Waals surface area contributed by atoms with Gasteiger partial charge in [-0.3, -0.25) is 27.9 Å². The van der Waals surface area contributed by atoms with Crippen LogP contribution in [-0.2, 0) is 39.3 Å². The topological polar surface area (TPSA) is 161 Å². The molecule has 0 aliphatic heterocycles. The van der Waals surface area contributed by atoms with Crippen molar-refractivity contribution in [2.24, 2.45) is 0 Å². The standard InChI is InChI=1S/C43H52N8O8/c1-9-46-38-36(40(52)48(11-3)42(46)54)50(34(44-38)22-18-28-16-20-30(56-5)32(26-28)58-7)24-14-13-15-25-51-35(23-19-29-17-21-31(57-6)33(27-29)59-8)45-39-37(51)41(53)49(12-4)43(55)47(39)10-2/h16-23,26-27H,9-15,24-25H2,1-8H3/b22-18+,23-19+. The number of aryl methyl sites for hydroxylation is 4. The van der Waals surface area contributed by atoms with Crippen LogP contribution in [0, 0.1) is 0 Å². The van der Waals surface area contributed by atoms with Crippen LogP contribution in [0.3, 0.4) is 0 Å². The molecule has 0 spiro atoms. The van der Waals surface area contributed by atoms with Crippen molar-refractivity contribution in [1.29, 1.82) is 0 Å². The lowest BCUT2D eigenvalue weighted by Gasteiger charge is -2.12. The molecule has 6 aromatic rings. The first kappa shape index (κ1) is 42.0. The third-order valence-electron chi connectivity index (χ3n) is 10.5. The molecule has 0 bridgehead atoms. The Morgan fingerprint density at radius 3 is 1.19 bits per heavy atom. The summed E-state index contributed by atoms with van der Waals surface area (Å²) in [5.41, 5.74) is 1.49. The van der Waals surface area contributed by atoms with Crippen LogP contribution in [0.4, 0.5) is 0 Å². The molecule has 0 saturated heterocycles. The summed E-state index contributed by atoms with van der Waals surface area (Å²) in [6, 6.07) is 11.1. The van der Waals surface area contributed by atoms with Crippen molar-refractivity contribution in [3.8, 4) is 23.0 Å². The zero-order valence-corrected chi connectivity index (χ0v) is 35.0. The molecule has 6 rings (SSSR count).